The van der Waals surface area contributed by atoms with E-state index in [-0.39, 0.29) is 12.1 Å². The van der Waals surface area contributed by atoms with E-state index in [1.54, 1.807) is 23.3 Å². The van der Waals surface area contributed by atoms with Gasteiger partial charge in [-0.2, -0.15) is 0 Å². The van der Waals surface area contributed by atoms with E-state index in [0.29, 0.717) is 13.1 Å². The first-order valence-electron chi connectivity index (χ1n) is 7.08. The second-order valence-corrected chi connectivity index (χ2v) is 6.45. The number of hydrogen-bond donors (Lipinski definition) is 1. The van der Waals surface area contributed by atoms with Crippen LogP contribution in [0.2, 0.25) is 0 Å². The molecular weight excluding hydrogens is 300 g/mol. The molecule has 22 heavy (non-hydrogen) atoms. The SMILES string of the molecule is Cc1cc(CN(C)C(=O)NCC(c2cccs2)N(C)C)no1. The molecule has 1 unspecified atom stereocenters. The number of aryl methyl sites for hydroxylation is 1. The van der Waals surface area contributed by atoms with E-state index in [0.717, 1.165) is 11.5 Å². The first-order chi connectivity index (χ1) is 10.5. The normalized spacial score (nSPS) is 12.4. The van der Waals surface area contributed by atoms with Crippen molar-refractivity contribution in [1.82, 2.24) is 20.3 Å². The van der Waals surface area contributed by atoms with Crippen LogP contribution in [0.3, 0.4) is 0 Å². The maximum Gasteiger partial charge on any atom is 0.317 e. The van der Waals surface area contributed by atoms with Crippen molar-refractivity contribution >= 4 is 17.4 Å². The first kappa shape index (κ1) is 16.5. The van der Waals surface area contributed by atoms with E-state index < -0.39 is 0 Å². The van der Waals surface area contributed by atoms with E-state index in [1.165, 1.54) is 4.88 Å². The molecule has 0 aliphatic heterocycles. The molecule has 0 spiro atoms. The molecule has 2 aromatic rings. The topological polar surface area (TPSA) is 61.6 Å². The Bertz CT molecular complexity index is 594. The third-order valence-corrected chi connectivity index (χ3v) is 4.34. The molecule has 2 aromatic heterocycles. The number of hydrogen-bond acceptors (Lipinski definition) is 5. The lowest BCUT2D eigenvalue weighted by atomic mass is 10.2. The summed E-state index contributed by atoms with van der Waals surface area (Å²) in [6.07, 6.45) is 0. The number of carbonyl (C=O) groups excluding carboxylic acids is 1. The smallest absolute Gasteiger partial charge is 0.317 e. The largest absolute Gasteiger partial charge is 0.361 e. The third-order valence-electron chi connectivity index (χ3n) is 3.36. The minimum absolute atomic E-state index is 0.121. The van der Waals surface area contributed by atoms with E-state index in [2.05, 4.69) is 21.4 Å². The number of urea groups is 1. The second kappa shape index (κ2) is 7.42. The maximum atomic E-state index is 12.2. The van der Waals surface area contributed by atoms with Gasteiger partial charge >= 0.3 is 6.03 Å². The molecule has 0 bridgehead atoms. The zero-order valence-corrected chi connectivity index (χ0v) is 14.2. The number of amides is 2. The van der Waals surface area contributed by atoms with Crippen molar-refractivity contribution in [3.63, 3.8) is 0 Å². The van der Waals surface area contributed by atoms with Gasteiger partial charge in [0, 0.05) is 24.5 Å². The summed E-state index contributed by atoms with van der Waals surface area (Å²) in [6, 6.07) is 5.99. The van der Waals surface area contributed by atoms with Crippen LogP contribution in [0.25, 0.3) is 0 Å². The molecular formula is C15H22N4O2S. The Morgan fingerprint density at radius 2 is 2.23 bits per heavy atom. The fourth-order valence-corrected chi connectivity index (χ4v) is 3.07. The number of likely N-dealkylation sites (N-methyl/N-ethyl adjacent to an activating group) is 1. The Balaban J connectivity index is 1.88. The number of rotatable bonds is 6. The highest BCUT2D eigenvalue weighted by Gasteiger charge is 2.18. The predicted octanol–water partition coefficient (Wildman–Crippen LogP) is 2.49. The molecule has 1 N–H and O–H groups in total. The van der Waals surface area contributed by atoms with E-state index >= 15 is 0 Å². The second-order valence-electron chi connectivity index (χ2n) is 5.47. The van der Waals surface area contributed by atoms with Crippen LogP contribution in [-0.2, 0) is 6.54 Å². The van der Waals surface area contributed by atoms with Crippen molar-refractivity contribution in [3.05, 3.63) is 39.9 Å². The molecule has 0 aliphatic rings. The van der Waals surface area contributed by atoms with Crippen LogP contribution in [0.15, 0.2) is 28.1 Å². The van der Waals surface area contributed by atoms with Crippen LogP contribution in [-0.4, -0.2) is 48.7 Å². The fraction of sp³-hybridized carbons (Fsp3) is 0.467. The number of thiophene rings is 1. The molecule has 0 radical (unpaired) electrons. The summed E-state index contributed by atoms with van der Waals surface area (Å²) in [5, 5.41) is 8.92. The quantitative estimate of drug-likeness (QED) is 0.887. The standard InChI is InChI=1S/C15H22N4O2S/c1-11-8-12(17-21-11)10-19(4)15(20)16-9-13(18(2)3)14-6-5-7-22-14/h5-8,13H,9-10H2,1-4H3,(H,16,20). The number of nitrogens with one attached hydrogen (secondary N) is 1. The molecule has 7 heteroatoms. The average molecular weight is 322 g/mol. The average Bonchev–Trinajstić information content (AvgIpc) is 3.10. The predicted molar refractivity (Wildman–Crippen MR) is 86.9 cm³/mol. The van der Waals surface area contributed by atoms with Crippen molar-refractivity contribution < 1.29 is 9.32 Å². The van der Waals surface area contributed by atoms with Crippen molar-refractivity contribution in [2.45, 2.75) is 19.5 Å². The summed E-state index contributed by atoms with van der Waals surface area (Å²) in [5.74, 6) is 0.745. The van der Waals surface area contributed by atoms with Gasteiger partial charge in [-0.05, 0) is 32.5 Å². The van der Waals surface area contributed by atoms with Gasteiger partial charge in [0.25, 0.3) is 0 Å². The van der Waals surface area contributed by atoms with Gasteiger partial charge in [0.1, 0.15) is 11.5 Å². The third kappa shape index (κ3) is 4.32. The van der Waals surface area contributed by atoms with Crippen molar-refractivity contribution in [2.75, 3.05) is 27.7 Å². The Morgan fingerprint density at radius 3 is 2.77 bits per heavy atom. The van der Waals surface area contributed by atoms with E-state index in [1.807, 2.05) is 38.5 Å². The lowest BCUT2D eigenvalue weighted by molar-refractivity contribution is 0.200. The molecule has 0 aliphatic carbocycles. The number of carbonyl (C=O) groups is 1. The van der Waals surface area contributed by atoms with Crippen LogP contribution >= 0.6 is 11.3 Å². The molecule has 1 atom stereocenters. The number of nitrogens with zero attached hydrogens (tertiary/aromatic N) is 3. The van der Waals surface area contributed by atoms with Crippen LogP contribution < -0.4 is 5.32 Å². The van der Waals surface area contributed by atoms with Gasteiger partial charge in [-0.1, -0.05) is 11.2 Å². The van der Waals surface area contributed by atoms with E-state index in [9.17, 15) is 4.79 Å². The molecule has 0 fully saturated rings. The Labute approximate surface area is 134 Å². The van der Waals surface area contributed by atoms with Gasteiger partial charge in [0.15, 0.2) is 0 Å². The van der Waals surface area contributed by atoms with Crippen LogP contribution in [0.5, 0.6) is 0 Å². The highest BCUT2D eigenvalue weighted by Crippen LogP contribution is 2.22. The zero-order valence-electron chi connectivity index (χ0n) is 13.4. The van der Waals surface area contributed by atoms with Gasteiger partial charge in [-0.25, -0.2) is 4.79 Å². The van der Waals surface area contributed by atoms with Crippen molar-refractivity contribution in [1.29, 1.82) is 0 Å². The maximum absolute atomic E-state index is 12.2. The minimum Gasteiger partial charge on any atom is -0.361 e. The highest BCUT2D eigenvalue weighted by atomic mass is 32.1. The minimum atomic E-state index is -0.121. The van der Waals surface area contributed by atoms with Crippen LogP contribution in [0.1, 0.15) is 22.4 Å². The lowest BCUT2D eigenvalue weighted by Crippen LogP contribution is -2.41. The lowest BCUT2D eigenvalue weighted by Gasteiger charge is -2.25. The van der Waals surface area contributed by atoms with Crippen LogP contribution in [0, 0.1) is 6.92 Å². The molecule has 6 nitrogen and oxygen atoms in total. The van der Waals surface area contributed by atoms with Gasteiger partial charge in [-0.15, -0.1) is 11.3 Å². The molecule has 0 aromatic carbocycles. The van der Waals surface area contributed by atoms with Crippen molar-refractivity contribution in [3.8, 4) is 0 Å². The number of aromatic nitrogens is 1. The molecule has 120 valence electrons. The van der Waals surface area contributed by atoms with Gasteiger partial charge in [0.05, 0.1) is 12.6 Å². The molecule has 2 amide bonds. The summed E-state index contributed by atoms with van der Waals surface area (Å²) in [6.45, 7) is 2.82. The van der Waals surface area contributed by atoms with Gasteiger partial charge in [-0.3, -0.25) is 0 Å². The van der Waals surface area contributed by atoms with E-state index in [4.69, 9.17) is 4.52 Å². The first-order valence-corrected chi connectivity index (χ1v) is 7.96. The monoisotopic (exact) mass is 322 g/mol. The highest BCUT2D eigenvalue weighted by molar-refractivity contribution is 7.10. The Kier molecular flexibility index (Phi) is 5.57. The molecule has 2 heterocycles. The summed E-state index contributed by atoms with van der Waals surface area (Å²) in [5.41, 5.74) is 0.748. The zero-order chi connectivity index (χ0) is 16.1. The Hall–Kier alpha value is -1.86. The summed E-state index contributed by atoms with van der Waals surface area (Å²) in [7, 11) is 5.77. The Morgan fingerprint density at radius 1 is 1.45 bits per heavy atom. The molecule has 0 saturated heterocycles. The summed E-state index contributed by atoms with van der Waals surface area (Å²) < 4.78 is 5.01. The van der Waals surface area contributed by atoms with Crippen LogP contribution in [0.4, 0.5) is 4.79 Å². The van der Waals surface area contributed by atoms with Gasteiger partial charge in [0.2, 0.25) is 0 Å². The van der Waals surface area contributed by atoms with Crippen molar-refractivity contribution in [2.24, 2.45) is 0 Å². The van der Waals surface area contributed by atoms with Gasteiger partial charge < -0.3 is 19.6 Å². The molecule has 0 saturated carbocycles. The molecule has 2 rings (SSSR count). The summed E-state index contributed by atoms with van der Waals surface area (Å²) >= 11 is 1.70. The summed E-state index contributed by atoms with van der Waals surface area (Å²) in [4.78, 5) is 17.1. The fourth-order valence-electron chi connectivity index (χ4n) is 2.14.